The molecule has 0 heterocycles. The highest BCUT2D eigenvalue weighted by Crippen LogP contribution is 2.40. The Hall–Kier alpha value is -2.09. The van der Waals surface area contributed by atoms with Crippen LogP contribution in [0.1, 0.15) is 38.8 Å². The SMILES string of the molecule is CC(C)(C)[S@@+]([O-])/N=C\CC(Nc1cc(Br)c(F)cc1[N+](=O)[O-])c1c(Cl)cccc1OC(F)(F)F. The Morgan fingerprint density at radius 1 is 1.32 bits per heavy atom. The fourth-order valence-corrected chi connectivity index (χ4v) is 3.86. The number of hydrogen-bond acceptors (Lipinski definition) is 6. The first-order valence-corrected chi connectivity index (χ1v) is 11.8. The predicted octanol–water partition coefficient (Wildman–Crippen LogP) is 7.12. The van der Waals surface area contributed by atoms with E-state index in [1.54, 1.807) is 20.8 Å². The van der Waals surface area contributed by atoms with Gasteiger partial charge in [0.25, 0.3) is 5.69 Å². The standard InChI is InChI=1S/C20H19BrClF4N3O4S/c1-19(2,3)34(32)27-8-7-14(18-12(22)5-4-6-17(18)33-20(24,25)26)28-15-9-11(21)13(23)10-16(15)29(30)31/h4-6,8-10,14,28H,7H2,1-3H3/b27-8-/t14?,34-/m1/s1. The lowest BCUT2D eigenvalue weighted by Crippen LogP contribution is -2.26. The highest BCUT2D eigenvalue weighted by atomic mass is 79.9. The minimum absolute atomic E-state index is 0.118. The number of anilines is 1. The fourth-order valence-electron chi connectivity index (χ4n) is 2.68. The summed E-state index contributed by atoms with van der Waals surface area (Å²) >= 11 is 7.46. The van der Waals surface area contributed by atoms with E-state index in [-0.39, 0.29) is 27.2 Å². The highest BCUT2D eigenvalue weighted by Gasteiger charge is 2.34. The fraction of sp³-hybridized carbons (Fsp3) is 0.350. The van der Waals surface area contributed by atoms with Gasteiger partial charge in [0.1, 0.15) is 33.4 Å². The number of halogens is 6. The second kappa shape index (κ2) is 11.1. The normalized spacial score (nSPS) is 14.2. The molecule has 34 heavy (non-hydrogen) atoms. The van der Waals surface area contributed by atoms with Crippen molar-refractivity contribution in [2.75, 3.05) is 5.32 Å². The molecule has 0 amide bonds. The molecule has 0 fully saturated rings. The van der Waals surface area contributed by atoms with Crippen LogP contribution in [0.25, 0.3) is 0 Å². The number of hydrogen-bond donors (Lipinski definition) is 1. The molecule has 7 nitrogen and oxygen atoms in total. The average Bonchev–Trinajstić information content (AvgIpc) is 2.67. The summed E-state index contributed by atoms with van der Waals surface area (Å²) in [5.74, 6) is -1.55. The van der Waals surface area contributed by atoms with Gasteiger partial charge in [0.05, 0.1) is 27.7 Å². The zero-order valence-corrected chi connectivity index (χ0v) is 21.1. The molecule has 1 unspecified atom stereocenters. The van der Waals surface area contributed by atoms with Crippen LogP contribution < -0.4 is 10.1 Å². The first-order chi connectivity index (χ1) is 15.6. The third-order valence-corrected chi connectivity index (χ3v) is 6.51. The molecule has 1 N–H and O–H groups in total. The molecule has 0 aliphatic rings. The Bertz CT molecular complexity index is 1080. The third kappa shape index (κ3) is 7.72. The van der Waals surface area contributed by atoms with Crippen molar-refractivity contribution in [2.45, 2.75) is 44.3 Å². The lowest BCUT2D eigenvalue weighted by Gasteiger charge is -2.23. The summed E-state index contributed by atoms with van der Waals surface area (Å²) in [5.41, 5.74) is -1.04. The molecule has 186 valence electrons. The molecule has 2 rings (SSSR count). The molecule has 0 saturated carbocycles. The van der Waals surface area contributed by atoms with Gasteiger partial charge in [-0.05, 0) is 54.9 Å². The second-order valence-electron chi connectivity index (χ2n) is 7.82. The average molecular weight is 589 g/mol. The van der Waals surface area contributed by atoms with Gasteiger partial charge in [-0.15, -0.1) is 13.2 Å². The lowest BCUT2D eigenvalue weighted by molar-refractivity contribution is -0.384. The molecule has 0 saturated heterocycles. The van der Waals surface area contributed by atoms with Gasteiger partial charge in [-0.1, -0.05) is 22.1 Å². The van der Waals surface area contributed by atoms with E-state index in [2.05, 4.69) is 30.4 Å². The number of benzene rings is 2. The lowest BCUT2D eigenvalue weighted by atomic mass is 10.0. The van der Waals surface area contributed by atoms with E-state index in [1.807, 2.05) is 0 Å². The van der Waals surface area contributed by atoms with Gasteiger partial charge in [-0.3, -0.25) is 10.1 Å². The maximum Gasteiger partial charge on any atom is 0.573 e. The number of nitro benzene ring substituents is 1. The molecule has 2 atom stereocenters. The molecule has 0 spiro atoms. The summed E-state index contributed by atoms with van der Waals surface area (Å²) in [6.07, 6.45) is -4.02. The third-order valence-electron chi connectivity index (χ3n) is 4.19. The van der Waals surface area contributed by atoms with E-state index in [0.29, 0.717) is 6.07 Å². The van der Waals surface area contributed by atoms with E-state index in [9.17, 15) is 32.2 Å². The van der Waals surface area contributed by atoms with Crippen molar-refractivity contribution in [3.63, 3.8) is 0 Å². The molecule has 0 aliphatic carbocycles. The summed E-state index contributed by atoms with van der Waals surface area (Å²) in [6.45, 7) is 5.04. The smallest absolute Gasteiger partial charge is 0.573 e. The highest BCUT2D eigenvalue weighted by molar-refractivity contribution is 9.10. The van der Waals surface area contributed by atoms with Gasteiger partial charge in [0, 0.05) is 17.0 Å². The molecular weight excluding hydrogens is 570 g/mol. The van der Waals surface area contributed by atoms with Crippen LogP contribution in [0, 0.1) is 15.9 Å². The number of nitro groups is 1. The maximum atomic E-state index is 13.9. The number of rotatable bonds is 8. The van der Waals surface area contributed by atoms with E-state index in [4.69, 9.17) is 11.6 Å². The van der Waals surface area contributed by atoms with E-state index >= 15 is 0 Å². The summed E-state index contributed by atoms with van der Waals surface area (Å²) in [6, 6.07) is 4.15. The van der Waals surface area contributed by atoms with E-state index in [0.717, 1.165) is 12.1 Å². The largest absolute Gasteiger partial charge is 0.591 e. The van der Waals surface area contributed by atoms with Gasteiger partial charge in [-0.25, -0.2) is 4.39 Å². The van der Waals surface area contributed by atoms with Gasteiger partial charge >= 0.3 is 6.36 Å². The molecule has 0 radical (unpaired) electrons. The van der Waals surface area contributed by atoms with Gasteiger partial charge in [-0.2, -0.15) is 0 Å². The summed E-state index contributed by atoms with van der Waals surface area (Å²) in [5, 5.41) is 14.1. The van der Waals surface area contributed by atoms with Crippen LogP contribution in [0.3, 0.4) is 0 Å². The Morgan fingerprint density at radius 3 is 2.53 bits per heavy atom. The van der Waals surface area contributed by atoms with Crippen molar-refractivity contribution < 1.29 is 31.8 Å². The van der Waals surface area contributed by atoms with Crippen LogP contribution in [-0.4, -0.2) is 26.8 Å². The van der Waals surface area contributed by atoms with E-state index in [1.165, 1.54) is 18.3 Å². The quantitative estimate of drug-likeness (QED) is 0.116. The van der Waals surface area contributed by atoms with Gasteiger partial charge in [0.2, 0.25) is 0 Å². The topological polar surface area (TPSA) is 99.8 Å². The summed E-state index contributed by atoms with van der Waals surface area (Å²) in [7, 11) is 0. The number of ether oxygens (including phenoxy) is 1. The van der Waals surface area contributed by atoms with Crippen molar-refractivity contribution in [3.8, 4) is 5.75 Å². The molecule has 2 aromatic carbocycles. The van der Waals surface area contributed by atoms with Crippen molar-refractivity contribution in [1.82, 2.24) is 0 Å². The number of nitrogens with one attached hydrogen (secondary N) is 1. The molecule has 2 aromatic rings. The van der Waals surface area contributed by atoms with Crippen molar-refractivity contribution in [2.24, 2.45) is 4.40 Å². The van der Waals surface area contributed by atoms with Gasteiger partial charge in [0.15, 0.2) is 0 Å². The predicted molar refractivity (Wildman–Crippen MR) is 126 cm³/mol. The molecule has 14 heteroatoms. The van der Waals surface area contributed by atoms with Crippen LogP contribution in [-0.2, 0) is 11.4 Å². The number of nitrogens with zero attached hydrogens (tertiary/aromatic N) is 2. The van der Waals surface area contributed by atoms with Crippen LogP contribution in [0.4, 0.5) is 28.9 Å². The molecular formula is C20H19BrClF4N3O4S. The monoisotopic (exact) mass is 587 g/mol. The van der Waals surface area contributed by atoms with Crippen molar-refractivity contribution in [1.29, 1.82) is 0 Å². The summed E-state index contributed by atoms with van der Waals surface area (Å²) in [4.78, 5) is 10.6. The molecule has 0 aromatic heterocycles. The minimum atomic E-state index is -5.04. The maximum absolute atomic E-state index is 13.9. The molecule has 0 bridgehead atoms. The summed E-state index contributed by atoms with van der Waals surface area (Å²) < 4.78 is 72.4. The Labute approximate surface area is 209 Å². The molecule has 0 aliphatic heterocycles. The second-order valence-corrected chi connectivity index (χ2v) is 11.0. The van der Waals surface area contributed by atoms with Crippen LogP contribution in [0.5, 0.6) is 5.75 Å². The van der Waals surface area contributed by atoms with Crippen LogP contribution >= 0.6 is 27.5 Å². The zero-order chi connectivity index (χ0) is 25.8. The van der Waals surface area contributed by atoms with Crippen LogP contribution in [0.15, 0.2) is 39.2 Å². The van der Waals surface area contributed by atoms with Crippen molar-refractivity contribution in [3.05, 3.63) is 61.3 Å². The van der Waals surface area contributed by atoms with Crippen LogP contribution in [0.2, 0.25) is 5.02 Å². The minimum Gasteiger partial charge on any atom is -0.591 e. The zero-order valence-electron chi connectivity index (χ0n) is 18.0. The first kappa shape index (κ1) is 28.1. The Balaban J connectivity index is 2.59. The Kier molecular flexibility index (Phi) is 9.19. The number of alkyl halides is 3. The van der Waals surface area contributed by atoms with Crippen molar-refractivity contribution >= 4 is 56.5 Å². The first-order valence-electron chi connectivity index (χ1n) is 9.49. The Morgan fingerprint density at radius 2 is 1.97 bits per heavy atom. The van der Waals surface area contributed by atoms with E-state index < -0.39 is 50.7 Å². The van der Waals surface area contributed by atoms with Gasteiger partial charge < -0.3 is 14.6 Å².